The number of halogens is 2. The summed E-state index contributed by atoms with van der Waals surface area (Å²) in [5.74, 6) is -0.263. The molecule has 3 aromatic rings. The van der Waals surface area contributed by atoms with E-state index in [9.17, 15) is 9.59 Å². The van der Waals surface area contributed by atoms with Crippen LogP contribution in [0.4, 0.5) is 9.93 Å². The van der Waals surface area contributed by atoms with Gasteiger partial charge in [0.15, 0.2) is 5.13 Å². The number of hydrogen-bond acceptors (Lipinski definition) is 5. The molecule has 2 amide bonds. The smallest absolute Gasteiger partial charge is 0.410 e. The number of carbonyl (C=O) groups excluding carboxylic acids is 2. The number of thiazole rings is 1. The van der Waals surface area contributed by atoms with Gasteiger partial charge in [0.2, 0.25) is 5.91 Å². The van der Waals surface area contributed by atoms with Crippen molar-refractivity contribution in [2.75, 3.05) is 11.9 Å². The van der Waals surface area contributed by atoms with Crippen molar-refractivity contribution in [3.8, 4) is 0 Å². The van der Waals surface area contributed by atoms with Gasteiger partial charge in [-0.3, -0.25) is 9.69 Å². The van der Waals surface area contributed by atoms with Crippen LogP contribution < -0.4 is 5.32 Å². The quantitative estimate of drug-likeness (QED) is 0.476. The Morgan fingerprint density at radius 3 is 2.78 bits per heavy atom. The number of likely N-dealkylation sites (tertiary alicyclic amines) is 1. The van der Waals surface area contributed by atoms with Crippen molar-refractivity contribution < 1.29 is 14.3 Å². The molecular weight excluding hydrogens is 469 g/mol. The second-order valence-corrected chi connectivity index (χ2v) is 9.30. The van der Waals surface area contributed by atoms with Crippen LogP contribution >= 0.6 is 34.5 Å². The van der Waals surface area contributed by atoms with Crippen LogP contribution in [0.2, 0.25) is 10.0 Å². The van der Waals surface area contributed by atoms with Crippen LogP contribution in [0.5, 0.6) is 0 Å². The van der Waals surface area contributed by atoms with E-state index in [2.05, 4.69) is 10.3 Å². The lowest BCUT2D eigenvalue weighted by atomic mass is 10.1. The topological polar surface area (TPSA) is 71.5 Å². The normalized spacial score (nSPS) is 15.6. The first kappa shape index (κ1) is 22.6. The Balaban J connectivity index is 1.35. The largest absolute Gasteiger partial charge is 0.445 e. The molecule has 0 aliphatic carbocycles. The number of rotatable bonds is 6. The second kappa shape index (κ2) is 10.3. The van der Waals surface area contributed by atoms with Crippen molar-refractivity contribution in [2.45, 2.75) is 31.9 Å². The highest BCUT2D eigenvalue weighted by atomic mass is 35.5. The van der Waals surface area contributed by atoms with Gasteiger partial charge in [-0.15, -0.1) is 11.3 Å². The Morgan fingerprint density at radius 2 is 1.97 bits per heavy atom. The minimum absolute atomic E-state index is 0.173. The summed E-state index contributed by atoms with van der Waals surface area (Å²) in [4.78, 5) is 32.1. The molecule has 1 N–H and O–H groups in total. The summed E-state index contributed by atoms with van der Waals surface area (Å²) in [6.45, 7) is 0.661. The van der Waals surface area contributed by atoms with Crippen LogP contribution in [-0.2, 0) is 22.6 Å². The first-order valence-electron chi connectivity index (χ1n) is 10.2. The zero-order valence-corrected chi connectivity index (χ0v) is 19.4. The fourth-order valence-corrected chi connectivity index (χ4v) is 4.79. The highest BCUT2D eigenvalue weighted by Crippen LogP contribution is 2.30. The van der Waals surface area contributed by atoms with Gasteiger partial charge in [0, 0.05) is 24.0 Å². The highest BCUT2D eigenvalue weighted by Gasteiger charge is 2.35. The van der Waals surface area contributed by atoms with Gasteiger partial charge in [-0.2, -0.15) is 0 Å². The van der Waals surface area contributed by atoms with E-state index in [1.165, 1.54) is 16.2 Å². The molecule has 0 bridgehead atoms. The van der Waals surface area contributed by atoms with Gasteiger partial charge in [0.25, 0.3) is 0 Å². The molecule has 1 fully saturated rings. The van der Waals surface area contributed by atoms with E-state index in [-0.39, 0.29) is 12.5 Å². The lowest BCUT2D eigenvalue weighted by molar-refractivity contribution is -0.120. The van der Waals surface area contributed by atoms with Crippen molar-refractivity contribution in [2.24, 2.45) is 0 Å². The number of anilines is 1. The predicted molar refractivity (Wildman–Crippen MR) is 126 cm³/mol. The van der Waals surface area contributed by atoms with Gasteiger partial charge < -0.3 is 10.1 Å². The van der Waals surface area contributed by atoms with Crippen LogP contribution in [-0.4, -0.2) is 34.5 Å². The number of benzene rings is 2. The lowest BCUT2D eigenvalue weighted by Crippen LogP contribution is -2.43. The summed E-state index contributed by atoms with van der Waals surface area (Å²) < 4.78 is 5.40. The standard InChI is InChI=1S/C23H21Cl2N3O3S/c24-18-9-4-8-16(20(18)25)12-17-13-26-22(32-17)27-21(29)19-10-5-11-28(19)23(30)31-14-15-6-2-1-3-7-15/h1-4,6-9,13,19H,5,10-12,14H2,(H,26,27,29)/t19-/m0/s1. The molecule has 1 aliphatic rings. The minimum atomic E-state index is -0.576. The molecular formula is C23H21Cl2N3O3S. The van der Waals surface area contributed by atoms with Crippen molar-refractivity contribution in [3.63, 3.8) is 0 Å². The van der Waals surface area contributed by atoms with Gasteiger partial charge in [-0.1, -0.05) is 65.7 Å². The molecule has 1 aromatic heterocycles. The Morgan fingerprint density at radius 1 is 1.16 bits per heavy atom. The van der Waals surface area contributed by atoms with E-state index < -0.39 is 12.1 Å². The third-order valence-electron chi connectivity index (χ3n) is 5.18. The molecule has 6 nitrogen and oxygen atoms in total. The Kier molecular flexibility index (Phi) is 7.29. The fourth-order valence-electron chi connectivity index (χ4n) is 3.57. The van der Waals surface area contributed by atoms with Crippen LogP contribution in [0, 0.1) is 0 Å². The highest BCUT2D eigenvalue weighted by molar-refractivity contribution is 7.15. The molecule has 0 unspecified atom stereocenters. The van der Waals surface area contributed by atoms with E-state index in [1.807, 2.05) is 42.5 Å². The number of ether oxygens (including phenoxy) is 1. The number of nitrogens with zero attached hydrogens (tertiary/aromatic N) is 2. The Labute approximate surface area is 200 Å². The molecule has 2 aromatic carbocycles. The molecule has 2 heterocycles. The third-order valence-corrected chi connectivity index (χ3v) is 6.95. The van der Waals surface area contributed by atoms with E-state index >= 15 is 0 Å². The van der Waals surface area contributed by atoms with Crippen LogP contribution in [0.1, 0.15) is 28.8 Å². The van der Waals surface area contributed by atoms with Crippen LogP contribution in [0.25, 0.3) is 0 Å². The van der Waals surface area contributed by atoms with Gasteiger partial charge in [0.1, 0.15) is 12.6 Å². The van der Waals surface area contributed by atoms with E-state index in [0.717, 1.165) is 22.4 Å². The molecule has 166 valence electrons. The van der Waals surface area contributed by atoms with Crippen LogP contribution in [0.3, 0.4) is 0 Å². The van der Waals surface area contributed by atoms with Gasteiger partial charge in [-0.25, -0.2) is 9.78 Å². The maximum atomic E-state index is 12.8. The predicted octanol–water partition coefficient (Wildman–Crippen LogP) is 5.78. The lowest BCUT2D eigenvalue weighted by Gasteiger charge is -2.22. The van der Waals surface area contributed by atoms with Crippen LogP contribution in [0.15, 0.2) is 54.7 Å². The molecule has 0 radical (unpaired) electrons. The molecule has 1 saturated heterocycles. The first-order valence-corrected chi connectivity index (χ1v) is 11.7. The zero-order valence-electron chi connectivity index (χ0n) is 17.1. The van der Waals surface area contributed by atoms with Gasteiger partial charge in [-0.05, 0) is 30.0 Å². The summed E-state index contributed by atoms with van der Waals surface area (Å²) in [6.07, 6.45) is 3.12. The van der Waals surface area contributed by atoms with Crippen molar-refractivity contribution in [1.29, 1.82) is 0 Å². The first-order chi connectivity index (χ1) is 15.5. The maximum absolute atomic E-state index is 12.8. The molecule has 4 rings (SSSR count). The van der Waals surface area contributed by atoms with Crippen molar-refractivity contribution in [1.82, 2.24) is 9.88 Å². The average molecular weight is 490 g/mol. The second-order valence-electron chi connectivity index (χ2n) is 7.40. The van der Waals surface area contributed by atoms with Gasteiger partial charge >= 0.3 is 6.09 Å². The summed E-state index contributed by atoms with van der Waals surface area (Å²) in [7, 11) is 0. The van der Waals surface area contributed by atoms with Crippen molar-refractivity contribution in [3.05, 3.63) is 80.8 Å². The number of carbonyl (C=O) groups is 2. The fraction of sp³-hybridized carbons (Fsp3) is 0.261. The zero-order chi connectivity index (χ0) is 22.5. The maximum Gasteiger partial charge on any atom is 0.410 e. The summed E-state index contributed by atoms with van der Waals surface area (Å²) in [6, 6.07) is 14.4. The summed E-state index contributed by atoms with van der Waals surface area (Å²) >= 11 is 13.7. The van der Waals surface area contributed by atoms with E-state index in [1.54, 1.807) is 12.3 Å². The molecule has 32 heavy (non-hydrogen) atoms. The average Bonchev–Trinajstić information content (AvgIpc) is 3.46. The molecule has 1 atom stereocenters. The van der Waals surface area contributed by atoms with Crippen molar-refractivity contribution >= 4 is 51.7 Å². The minimum Gasteiger partial charge on any atom is -0.445 e. The SMILES string of the molecule is O=C(Nc1ncc(Cc2cccc(Cl)c2Cl)s1)[C@@H]1CCCN1C(=O)OCc1ccccc1. The Bertz CT molecular complexity index is 1110. The third kappa shape index (κ3) is 5.41. The number of hydrogen-bond donors (Lipinski definition) is 1. The van der Waals surface area contributed by atoms with Gasteiger partial charge in [0.05, 0.1) is 10.0 Å². The monoisotopic (exact) mass is 489 g/mol. The number of amides is 2. The Hall–Kier alpha value is -2.61. The summed E-state index contributed by atoms with van der Waals surface area (Å²) in [5.41, 5.74) is 1.79. The summed E-state index contributed by atoms with van der Waals surface area (Å²) in [5, 5.41) is 4.33. The van der Waals surface area contributed by atoms with E-state index in [4.69, 9.17) is 27.9 Å². The molecule has 0 spiro atoms. The molecule has 1 aliphatic heterocycles. The molecule has 9 heteroatoms. The van der Waals surface area contributed by atoms with E-state index in [0.29, 0.717) is 34.6 Å². The number of nitrogens with one attached hydrogen (secondary N) is 1. The number of aromatic nitrogens is 1. The molecule has 0 saturated carbocycles.